The molecule has 0 aliphatic carbocycles. The SMILES string of the molecule is CCCCCCCc1cc([O-])c(S(=O)(=O)O)c(Oc2ccccc2)c1.[K+]. The number of aryl methyl sites for hydroxylation is 1. The summed E-state index contributed by atoms with van der Waals surface area (Å²) in [6.07, 6.45) is 6.10. The van der Waals surface area contributed by atoms with Gasteiger partial charge in [0.2, 0.25) is 0 Å². The third-order valence-corrected chi connectivity index (χ3v) is 4.80. The molecular formula is C19H23KO5S. The topological polar surface area (TPSA) is 86.7 Å². The van der Waals surface area contributed by atoms with Crippen molar-refractivity contribution in [3.63, 3.8) is 0 Å². The van der Waals surface area contributed by atoms with Gasteiger partial charge >= 0.3 is 51.4 Å². The van der Waals surface area contributed by atoms with Crippen LogP contribution in [0.3, 0.4) is 0 Å². The average molecular weight is 403 g/mol. The molecule has 0 aliphatic heterocycles. The summed E-state index contributed by atoms with van der Waals surface area (Å²) >= 11 is 0. The fourth-order valence-electron chi connectivity index (χ4n) is 2.65. The minimum atomic E-state index is -4.67. The minimum Gasteiger partial charge on any atom is -0.871 e. The minimum absolute atomic E-state index is 0. The second kappa shape index (κ2) is 11.4. The van der Waals surface area contributed by atoms with Crippen LogP contribution in [0, 0.1) is 0 Å². The van der Waals surface area contributed by atoms with Crippen molar-refractivity contribution in [2.24, 2.45) is 0 Å². The fourth-order valence-corrected chi connectivity index (χ4v) is 3.32. The molecule has 0 saturated carbocycles. The van der Waals surface area contributed by atoms with E-state index < -0.39 is 20.8 Å². The molecule has 2 aromatic carbocycles. The van der Waals surface area contributed by atoms with Crippen molar-refractivity contribution in [1.29, 1.82) is 0 Å². The molecule has 0 atom stereocenters. The molecule has 2 aromatic rings. The largest absolute Gasteiger partial charge is 1.00 e. The second-order valence-corrected chi connectivity index (χ2v) is 7.33. The second-order valence-electron chi connectivity index (χ2n) is 5.98. The van der Waals surface area contributed by atoms with Gasteiger partial charge < -0.3 is 9.84 Å². The van der Waals surface area contributed by atoms with Gasteiger partial charge in [0.1, 0.15) is 16.4 Å². The normalized spacial score (nSPS) is 11.0. The van der Waals surface area contributed by atoms with Crippen molar-refractivity contribution in [3.05, 3.63) is 48.0 Å². The Morgan fingerprint density at radius 2 is 1.69 bits per heavy atom. The van der Waals surface area contributed by atoms with E-state index >= 15 is 0 Å². The van der Waals surface area contributed by atoms with Crippen LogP contribution < -0.4 is 61.2 Å². The molecule has 0 radical (unpaired) electrons. The molecule has 0 saturated heterocycles. The van der Waals surface area contributed by atoms with Crippen LogP contribution in [-0.2, 0) is 16.5 Å². The Balaban J connectivity index is 0.00000338. The number of hydrogen-bond donors (Lipinski definition) is 1. The van der Waals surface area contributed by atoms with Crippen LogP contribution in [0.1, 0.15) is 44.6 Å². The van der Waals surface area contributed by atoms with Crippen molar-refractivity contribution in [3.8, 4) is 17.2 Å². The van der Waals surface area contributed by atoms with E-state index in [9.17, 15) is 18.1 Å². The predicted molar refractivity (Wildman–Crippen MR) is 94.7 cm³/mol. The Morgan fingerprint density at radius 1 is 1.04 bits per heavy atom. The van der Waals surface area contributed by atoms with E-state index in [1.54, 1.807) is 30.3 Å². The van der Waals surface area contributed by atoms with Crippen molar-refractivity contribution < 1.29 is 74.2 Å². The molecular weight excluding hydrogens is 379 g/mol. The Morgan fingerprint density at radius 3 is 2.31 bits per heavy atom. The van der Waals surface area contributed by atoms with Gasteiger partial charge in [0.05, 0.1) is 0 Å². The van der Waals surface area contributed by atoms with Gasteiger partial charge in [-0.3, -0.25) is 4.55 Å². The van der Waals surface area contributed by atoms with Gasteiger partial charge in [-0.05, 0) is 36.6 Å². The van der Waals surface area contributed by atoms with Crippen molar-refractivity contribution in [2.75, 3.05) is 0 Å². The third-order valence-electron chi connectivity index (χ3n) is 3.88. The van der Waals surface area contributed by atoms with Gasteiger partial charge in [0.15, 0.2) is 0 Å². The first-order chi connectivity index (χ1) is 11.9. The Bertz CT molecular complexity index is 791. The van der Waals surface area contributed by atoms with Crippen LogP contribution in [0.25, 0.3) is 0 Å². The van der Waals surface area contributed by atoms with E-state index in [1.165, 1.54) is 18.6 Å². The summed E-state index contributed by atoms with van der Waals surface area (Å²) in [4.78, 5) is -0.717. The van der Waals surface area contributed by atoms with E-state index in [2.05, 4.69) is 6.92 Å². The summed E-state index contributed by atoms with van der Waals surface area (Å²) < 4.78 is 38.1. The van der Waals surface area contributed by atoms with Crippen LogP contribution in [0.4, 0.5) is 0 Å². The zero-order valence-corrected chi connectivity index (χ0v) is 19.2. The quantitative estimate of drug-likeness (QED) is 0.388. The maximum atomic E-state index is 12.2. The molecule has 0 fully saturated rings. The molecule has 1 N–H and O–H groups in total. The summed E-state index contributed by atoms with van der Waals surface area (Å²) in [6, 6.07) is 11.3. The van der Waals surface area contributed by atoms with Gasteiger partial charge in [-0.1, -0.05) is 62.6 Å². The maximum Gasteiger partial charge on any atom is 1.00 e. The first-order valence-corrected chi connectivity index (χ1v) is 9.90. The van der Waals surface area contributed by atoms with Crippen molar-refractivity contribution in [2.45, 2.75) is 50.3 Å². The van der Waals surface area contributed by atoms with Gasteiger partial charge in [0, 0.05) is 0 Å². The number of rotatable bonds is 9. The molecule has 0 spiro atoms. The smallest absolute Gasteiger partial charge is 0.871 e. The molecule has 0 unspecified atom stereocenters. The van der Waals surface area contributed by atoms with Crippen LogP contribution in [0.5, 0.6) is 17.2 Å². The monoisotopic (exact) mass is 402 g/mol. The molecule has 0 heterocycles. The zero-order chi connectivity index (χ0) is 18.3. The fraction of sp³-hybridized carbons (Fsp3) is 0.368. The molecule has 2 rings (SSSR count). The zero-order valence-electron chi connectivity index (χ0n) is 15.3. The molecule has 7 heteroatoms. The Labute approximate surface area is 198 Å². The summed E-state index contributed by atoms with van der Waals surface area (Å²) in [6.45, 7) is 2.14. The molecule has 0 amide bonds. The Hall–Kier alpha value is -0.414. The molecule has 0 bridgehead atoms. The van der Waals surface area contributed by atoms with Gasteiger partial charge in [0.25, 0.3) is 10.1 Å². The van der Waals surface area contributed by atoms with Gasteiger partial charge in [-0.15, -0.1) is 0 Å². The van der Waals surface area contributed by atoms with E-state index in [0.29, 0.717) is 17.7 Å². The first kappa shape index (κ1) is 23.6. The standard InChI is InChI=1S/C19H24O5S.K/c1-2-3-4-5-7-10-15-13-17(20)19(25(21,22)23)18(14-15)24-16-11-8-6-9-12-16;/h6,8-9,11-14,20H,2-5,7,10H2,1H3,(H,21,22,23);/q;+1/p-1. The van der Waals surface area contributed by atoms with E-state index in [-0.39, 0.29) is 57.1 Å². The number of para-hydroxylation sites is 1. The van der Waals surface area contributed by atoms with Crippen LogP contribution in [0.2, 0.25) is 0 Å². The van der Waals surface area contributed by atoms with Crippen LogP contribution >= 0.6 is 0 Å². The summed E-state index contributed by atoms with van der Waals surface area (Å²) in [5, 5.41) is 12.2. The summed E-state index contributed by atoms with van der Waals surface area (Å²) in [5.41, 5.74) is 0.708. The van der Waals surface area contributed by atoms with E-state index in [1.807, 2.05) is 0 Å². The molecule has 0 aliphatic rings. The van der Waals surface area contributed by atoms with Crippen LogP contribution in [-0.4, -0.2) is 13.0 Å². The first-order valence-electron chi connectivity index (χ1n) is 8.46. The van der Waals surface area contributed by atoms with Crippen molar-refractivity contribution >= 4 is 10.1 Å². The number of ether oxygens (including phenoxy) is 1. The number of unbranched alkanes of at least 4 members (excludes halogenated alkanes) is 4. The van der Waals surface area contributed by atoms with E-state index in [4.69, 9.17) is 4.74 Å². The summed E-state index contributed by atoms with van der Waals surface area (Å²) in [5.74, 6) is -0.490. The molecule has 136 valence electrons. The summed E-state index contributed by atoms with van der Waals surface area (Å²) in [7, 11) is -4.67. The average Bonchev–Trinajstić information content (AvgIpc) is 2.54. The Kier molecular flexibility index (Phi) is 10.4. The number of benzene rings is 2. The van der Waals surface area contributed by atoms with E-state index in [0.717, 1.165) is 25.7 Å². The van der Waals surface area contributed by atoms with Crippen molar-refractivity contribution in [1.82, 2.24) is 0 Å². The molecule has 0 aromatic heterocycles. The molecule has 26 heavy (non-hydrogen) atoms. The number of hydrogen-bond acceptors (Lipinski definition) is 4. The maximum absolute atomic E-state index is 12.2. The van der Waals surface area contributed by atoms with Crippen LogP contribution in [0.15, 0.2) is 47.4 Å². The van der Waals surface area contributed by atoms with Gasteiger partial charge in [-0.25, -0.2) is 0 Å². The van der Waals surface area contributed by atoms with Gasteiger partial charge in [-0.2, -0.15) is 8.42 Å². The third kappa shape index (κ3) is 7.30. The molecule has 5 nitrogen and oxygen atoms in total. The predicted octanol–water partition coefficient (Wildman–Crippen LogP) is 1.32.